The van der Waals surface area contributed by atoms with Gasteiger partial charge < -0.3 is 14.5 Å². The minimum absolute atomic E-state index is 0.00444. The summed E-state index contributed by atoms with van der Waals surface area (Å²) < 4.78 is 29.0. The van der Waals surface area contributed by atoms with Gasteiger partial charge in [-0.25, -0.2) is 8.42 Å². The number of carbonyl (C=O) groups excluding carboxylic acids is 1. The molecule has 2 aliphatic heterocycles. The smallest absolute Gasteiger partial charge is 0.282 e. The Morgan fingerprint density at radius 1 is 1.22 bits per heavy atom. The van der Waals surface area contributed by atoms with Crippen molar-refractivity contribution in [2.45, 2.75) is 12.5 Å². The first kappa shape index (κ1) is 16.4. The largest absolute Gasteiger partial charge is 0.370 e. The highest BCUT2D eigenvalue weighted by Gasteiger charge is 2.36. The van der Waals surface area contributed by atoms with Gasteiger partial charge in [-0.2, -0.15) is 0 Å². The fourth-order valence-electron chi connectivity index (χ4n) is 3.26. The van der Waals surface area contributed by atoms with Crippen molar-refractivity contribution in [2.75, 3.05) is 49.3 Å². The minimum Gasteiger partial charge on any atom is -0.370 e. The van der Waals surface area contributed by atoms with Crippen molar-refractivity contribution in [3.63, 3.8) is 0 Å². The van der Waals surface area contributed by atoms with Crippen molar-refractivity contribution < 1.29 is 22.8 Å². The van der Waals surface area contributed by atoms with Crippen LogP contribution < -0.4 is 9.80 Å². The molecule has 7 heteroatoms. The van der Waals surface area contributed by atoms with Gasteiger partial charge in [-0.1, -0.05) is 18.2 Å². The van der Waals surface area contributed by atoms with Crippen LogP contribution in [0.5, 0.6) is 0 Å². The number of quaternary nitrogens is 1. The molecule has 6 nitrogen and oxygen atoms in total. The molecule has 0 aliphatic carbocycles. The van der Waals surface area contributed by atoms with E-state index in [9.17, 15) is 13.2 Å². The first-order chi connectivity index (χ1) is 11.1. The van der Waals surface area contributed by atoms with Crippen LogP contribution >= 0.6 is 0 Å². The summed E-state index contributed by atoms with van der Waals surface area (Å²) in [6.07, 6.45) is 0.515. The van der Waals surface area contributed by atoms with Crippen LogP contribution in [0.3, 0.4) is 0 Å². The molecule has 2 aliphatic rings. The van der Waals surface area contributed by atoms with Crippen LogP contribution in [0.1, 0.15) is 6.42 Å². The standard InChI is InChI=1S/C16H22N2O4S/c19-16(12-17-7-9-22-10-8-17)18(14-4-2-1-3-5-14)15-6-11-23(20,21)13-15/h1-5,15H,6-13H2/p+1/t15-/m1/s1. The third kappa shape index (κ3) is 4.10. The quantitative estimate of drug-likeness (QED) is 0.774. The third-order valence-electron chi connectivity index (χ3n) is 4.48. The molecule has 3 rings (SSSR count). The van der Waals surface area contributed by atoms with Crippen LogP contribution in [0, 0.1) is 0 Å². The SMILES string of the molecule is O=C(C[NH+]1CCOCC1)N(c1ccccc1)[C@@H]1CCS(=O)(=O)C1. The molecule has 0 radical (unpaired) electrons. The van der Waals surface area contributed by atoms with E-state index < -0.39 is 9.84 Å². The molecule has 1 N–H and O–H groups in total. The van der Waals surface area contributed by atoms with E-state index in [2.05, 4.69) is 0 Å². The molecule has 0 spiro atoms. The summed E-state index contributed by atoms with van der Waals surface area (Å²) in [6, 6.07) is 9.14. The summed E-state index contributed by atoms with van der Waals surface area (Å²) in [5.41, 5.74) is 0.784. The van der Waals surface area contributed by atoms with Crippen LogP contribution in [0.25, 0.3) is 0 Å². The van der Waals surface area contributed by atoms with Crippen LogP contribution in [-0.4, -0.2) is 64.7 Å². The summed E-state index contributed by atoms with van der Waals surface area (Å²) in [7, 11) is -3.04. The van der Waals surface area contributed by atoms with Gasteiger partial charge in [0.25, 0.3) is 5.91 Å². The molecule has 2 heterocycles. The second-order valence-corrected chi connectivity index (χ2v) is 8.42. The lowest BCUT2D eigenvalue weighted by molar-refractivity contribution is -0.900. The summed E-state index contributed by atoms with van der Waals surface area (Å²) in [4.78, 5) is 15.8. The molecule has 1 aromatic rings. The van der Waals surface area contributed by atoms with Gasteiger partial charge in [-0.15, -0.1) is 0 Å². The number of nitrogens with zero attached hydrogens (tertiary/aromatic N) is 1. The number of morpholine rings is 1. The van der Waals surface area contributed by atoms with E-state index >= 15 is 0 Å². The molecule has 0 bridgehead atoms. The Hall–Kier alpha value is -1.44. The van der Waals surface area contributed by atoms with Crippen molar-refractivity contribution in [1.29, 1.82) is 0 Å². The summed E-state index contributed by atoms with van der Waals surface area (Å²) in [6.45, 7) is 3.36. The number of carbonyl (C=O) groups is 1. The fourth-order valence-corrected chi connectivity index (χ4v) is 4.96. The maximum absolute atomic E-state index is 12.9. The van der Waals surface area contributed by atoms with Crippen molar-refractivity contribution in [1.82, 2.24) is 0 Å². The van der Waals surface area contributed by atoms with Gasteiger partial charge in [0.2, 0.25) is 0 Å². The van der Waals surface area contributed by atoms with E-state index in [0.717, 1.165) is 18.8 Å². The van der Waals surface area contributed by atoms with E-state index in [4.69, 9.17) is 4.74 Å². The Morgan fingerprint density at radius 2 is 1.91 bits per heavy atom. The first-order valence-corrected chi connectivity index (χ1v) is 9.86. The minimum atomic E-state index is -3.04. The Kier molecular flexibility index (Phi) is 4.99. The molecule has 1 atom stereocenters. The number of benzene rings is 1. The zero-order chi connectivity index (χ0) is 16.3. The highest BCUT2D eigenvalue weighted by Crippen LogP contribution is 2.24. The molecular formula is C16H23N2O4S+. The predicted octanol–water partition coefficient (Wildman–Crippen LogP) is -0.878. The van der Waals surface area contributed by atoms with Gasteiger partial charge in [-0.3, -0.25) is 4.79 Å². The number of ether oxygens (including phenoxy) is 1. The normalized spacial score (nSPS) is 24.4. The maximum Gasteiger partial charge on any atom is 0.282 e. The van der Waals surface area contributed by atoms with Gasteiger partial charge in [0.15, 0.2) is 16.4 Å². The molecule has 0 saturated carbocycles. The lowest BCUT2D eigenvalue weighted by Gasteiger charge is -2.31. The third-order valence-corrected chi connectivity index (χ3v) is 6.23. The zero-order valence-corrected chi connectivity index (χ0v) is 13.9. The van der Waals surface area contributed by atoms with Gasteiger partial charge in [0.05, 0.1) is 30.8 Å². The molecule has 1 aromatic carbocycles. The van der Waals surface area contributed by atoms with Gasteiger partial charge in [0.1, 0.15) is 13.1 Å². The van der Waals surface area contributed by atoms with Gasteiger partial charge in [-0.05, 0) is 18.6 Å². The van der Waals surface area contributed by atoms with E-state index in [-0.39, 0.29) is 23.5 Å². The molecule has 2 saturated heterocycles. The summed E-state index contributed by atoms with van der Waals surface area (Å²) >= 11 is 0. The lowest BCUT2D eigenvalue weighted by atomic mass is 10.1. The second kappa shape index (κ2) is 6.98. The number of hydrogen-bond acceptors (Lipinski definition) is 4. The average molecular weight is 339 g/mol. The van der Waals surface area contributed by atoms with Gasteiger partial charge >= 0.3 is 0 Å². The summed E-state index contributed by atoms with van der Waals surface area (Å²) in [5, 5.41) is 0. The Bertz CT molecular complexity index is 641. The zero-order valence-electron chi connectivity index (χ0n) is 13.1. The van der Waals surface area contributed by atoms with Crippen molar-refractivity contribution in [2.24, 2.45) is 0 Å². The highest BCUT2D eigenvalue weighted by molar-refractivity contribution is 7.91. The molecule has 126 valence electrons. The Morgan fingerprint density at radius 3 is 2.52 bits per heavy atom. The van der Waals surface area contributed by atoms with E-state index in [1.807, 2.05) is 30.3 Å². The Labute approximate surface area is 136 Å². The fraction of sp³-hybridized carbons (Fsp3) is 0.562. The Balaban J connectivity index is 1.78. The topological polar surface area (TPSA) is 68.1 Å². The lowest BCUT2D eigenvalue weighted by Crippen LogP contribution is -3.15. The molecular weight excluding hydrogens is 316 g/mol. The van der Waals surface area contributed by atoms with E-state index in [0.29, 0.717) is 26.2 Å². The van der Waals surface area contributed by atoms with E-state index in [1.54, 1.807) is 4.90 Å². The number of hydrogen-bond donors (Lipinski definition) is 1. The average Bonchev–Trinajstić information content (AvgIpc) is 2.89. The predicted molar refractivity (Wildman–Crippen MR) is 87.4 cm³/mol. The number of para-hydroxylation sites is 1. The monoisotopic (exact) mass is 339 g/mol. The number of nitrogens with one attached hydrogen (secondary N) is 1. The number of amides is 1. The van der Waals surface area contributed by atoms with E-state index in [1.165, 1.54) is 4.90 Å². The van der Waals surface area contributed by atoms with Gasteiger partial charge in [0, 0.05) is 5.69 Å². The van der Waals surface area contributed by atoms with Crippen molar-refractivity contribution in [3.8, 4) is 0 Å². The van der Waals surface area contributed by atoms with Crippen LogP contribution in [0.15, 0.2) is 30.3 Å². The number of anilines is 1. The highest BCUT2D eigenvalue weighted by atomic mass is 32.2. The van der Waals surface area contributed by atoms with Crippen LogP contribution in [0.4, 0.5) is 5.69 Å². The molecule has 0 unspecified atom stereocenters. The molecule has 0 aromatic heterocycles. The number of rotatable bonds is 4. The summed E-state index contributed by atoms with van der Waals surface area (Å²) in [5.74, 6) is 0.223. The molecule has 1 amide bonds. The van der Waals surface area contributed by atoms with Crippen molar-refractivity contribution >= 4 is 21.4 Å². The van der Waals surface area contributed by atoms with Crippen molar-refractivity contribution in [3.05, 3.63) is 30.3 Å². The maximum atomic E-state index is 12.9. The molecule has 2 fully saturated rings. The molecule has 23 heavy (non-hydrogen) atoms. The second-order valence-electron chi connectivity index (χ2n) is 6.20. The van der Waals surface area contributed by atoms with Crippen LogP contribution in [-0.2, 0) is 19.4 Å². The first-order valence-electron chi connectivity index (χ1n) is 8.04. The van der Waals surface area contributed by atoms with Crippen LogP contribution in [0.2, 0.25) is 0 Å². The number of sulfone groups is 1.